The topological polar surface area (TPSA) is 94.3 Å². The van der Waals surface area contributed by atoms with Gasteiger partial charge in [-0.25, -0.2) is 0 Å². The molecule has 0 aliphatic rings. The number of aromatic nitrogens is 1. The molecule has 7 heteroatoms. The molecule has 0 atom stereocenters. The molecule has 0 aliphatic heterocycles. The van der Waals surface area contributed by atoms with Gasteiger partial charge in [0.05, 0.1) is 5.56 Å². The van der Waals surface area contributed by atoms with Gasteiger partial charge >= 0.3 is 0 Å². The zero-order valence-electron chi connectivity index (χ0n) is 13.5. The van der Waals surface area contributed by atoms with E-state index in [1.165, 1.54) is 6.26 Å². The van der Waals surface area contributed by atoms with E-state index < -0.39 is 5.91 Å². The van der Waals surface area contributed by atoms with Crippen LogP contribution in [0.25, 0.3) is 22.2 Å². The number of carbonyl (C=O) groups is 1. The minimum atomic E-state index is -0.399. The van der Waals surface area contributed by atoms with Crippen molar-refractivity contribution >= 4 is 34.4 Å². The highest BCUT2D eigenvalue weighted by Crippen LogP contribution is 2.34. The Bertz CT molecular complexity index is 1100. The quantitative estimate of drug-likeness (QED) is 0.562. The molecule has 2 aromatic heterocycles. The van der Waals surface area contributed by atoms with E-state index in [4.69, 9.17) is 26.3 Å². The number of para-hydroxylation sites is 1. The first-order valence-corrected chi connectivity index (χ1v) is 8.26. The van der Waals surface area contributed by atoms with E-state index in [9.17, 15) is 4.79 Å². The van der Waals surface area contributed by atoms with Crippen molar-refractivity contribution in [3.05, 3.63) is 70.9 Å². The molecule has 3 N–H and O–H groups in total. The minimum Gasteiger partial charge on any atom is -0.464 e. The lowest BCUT2D eigenvalue weighted by Crippen LogP contribution is -2.24. The number of anilines is 1. The van der Waals surface area contributed by atoms with E-state index in [0.717, 1.165) is 10.9 Å². The van der Waals surface area contributed by atoms with Gasteiger partial charge in [-0.2, -0.15) is 0 Å². The summed E-state index contributed by atoms with van der Waals surface area (Å²) in [7, 11) is 0. The SMILES string of the molecule is Nc1onc(-c2coc3ccccc23)c1C(=O)NCc1ccccc1Cl. The Kier molecular flexibility index (Phi) is 4.10. The number of carbonyl (C=O) groups excluding carboxylic acids is 1. The first-order chi connectivity index (χ1) is 12.6. The Morgan fingerprint density at radius 3 is 2.77 bits per heavy atom. The number of nitrogens with two attached hydrogens (primary N) is 1. The van der Waals surface area contributed by atoms with Gasteiger partial charge in [-0.1, -0.05) is 53.2 Å². The summed E-state index contributed by atoms with van der Waals surface area (Å²) in [6, 6.07) is 14.7. The van der Waals surface area contributed by atoms with Crippen molar-refractivity contribution in [2.75, 3.05) is 5.73 Å². The number of benzene rings is 2. The van der Waals surface area contributed by atoms with Gasteiger partial charge in [-0.15, -0.1) is 0 Å². The molecule has 4 rings (SSSR count). The molecule has 26 heavy (non-hydrogen) atoms. The van der Waals surface area contributed by atoms with Crippen molar-refractivity contribution in [1.29, 1.82) is 0 Å². The zero-order chi connectivity index (χ0) is 18.1. The van der Waals surface area contributed by atoms with Gasteiger partial charge in [0.2, 0.25) is 5.88 Å². The van der Waals surface area contributed by atoms with E-state index >= 15 is 0 Å². The van der Waals surface area contributed by atoms with Gasteiger partial charge in [-0.05, 0) is 17.7 Å². The van der Waals surface area contributed by atoms with Crippen LogP contribution in [0.3, 0.4) is 0 Å². The lowest BCUT2D eigenvalue weighted by Gasteiger charge is -2.07. The average molecular weight is 368 g/mol. The third-order valence-electron chi connectivity index (χ3n) is 4.08. The van der Waals surface area contributed by atoms with Crippen molar-refractivity contribution in [2.24, 2.45) is 0 Å². The molecule has 0 unspecified atom stereocenters. The number of nitrogens with one attached hydrogen (secondary N) is 1. The summed E-state index contributed by atoms with van der Waals surface area (Å²) in [4.78, 5) is 12.7. The van der Waals surface area contributed by atoms with Crippen LogP contribution in [-0.2, 0) is 6.54 Å². The molecule has 0 radical (unpaired) electrons. The minimum absolute atomic E-state index is 0.0538. The second kappa shape index (κ2) is 6.57. The molecule has 6 nitrogen and oxygen atoms in total. The zero-order valence-corrected chi connectivity index (χ0v) is 14.3. The van der Waals surface area contributed by atoms with E-state index in [2.05, 4.69) is 10.5 Å². The number of furan rings is 1. The number of amides is 1. The van der Waals surface area contributed by atoms with Crippen molar-refractivity contribution in [3.63, 3.8) is 0 Å². The first-order valence-electron chi connectivity index (χ1n) is 7.88. The fourth-order valence-corrected chi connectivity index (χ4v) is 2.98. The number of nitrogen functional groups attached to an aromatic ring is 1. The van der Waals surface area contributed by atoms with E-state index in [-0.39, 0.29) is 18.0 Å². The van der Waals surface area contributed by atoms with Gasteiger partial charge in [-0.3, -0.25) is 4.79 Å². The van der Waals surface area contributed by atoms with E-state index in [1.54, 1.807) is 6.07 Å². The largest absolute Gasteiger partial charge is 0.464 e. The van der Waals surface area contributed by atoms with Gasteiger partial charge in [0, 0.05) is 17.0 Å². The summed E-state index contributed by atoms with van der Waals surface area (Å²) in [5, 5.41) is 8.15. The summed E-state index contributed by atoms with van der Waals surface area (Å²) in [5.74, 6) is -0.453. The smallest absolute Gasteiger partial charge is 0.259 e. The maximum absolute atomic E-state index is 12.7. The Morgan fingerprint density at radius 1 is 1.15 bits per heavy atom. The fourth-order valence-electron chi connectivity index (χ4n) is 2.77. The Balaban J connectivity index is 1.66. The van der Waals surface area contributed by atoms with Gasteiger partial charge in [0.15, 0.2) is 0 Å². The number of halogens is 1. The maximum atomic E-state index is 12.7. The Morgan fingerprint density at radius 2 is 1.92 bits per heavy atom. The monoisotopic (exact) mass is 367 g/mol. The molecule has 0 fully saturated rings. The molecule has 1 amide bonds. The number of rotatable bonds is 4. The summed E-state index contributed by atoms with van der Waals surface area (Å²) >= 11 is 6.12. The predicted octanol–water partition coefficient (Wildman–Crippen LogP) is 4.25. The summed E-state index contributed by atoms with van der Waals surface area (Å²) in [6.07, 6.45) is 1.53. The van der Waals surface area contributed by atoms with E-state index in [1.807, 2.05) is 42.5 Å². The van der Waals surface area contributed by atoms with Crippen molar-refractivity contribution in [3.8, 4) is 11.3 Å². The van der Waals surface area contributed by atoms with Crippen molar-refractivity contribution in [1.82, 2.24) is 10.5 Å². The molecule has 0 saturated carbocycles. The number of hydrogen-bond acceptors (Lipinski definition) is 5. The van der Waals surface area contributed by atoms with Crippen LogP contribution >= 0.6 is 11.6 Å². The third kappa shape index (κ3) is 2.80. The normalized spacial score (nSPS) is 11.0. The average Bonchev–Trinajstić information content (AvgIpc) is 3.24. The van der Waals surface area contributed by atoms with Crippen LogP contribution in [0.2, 0.25) is 5.02 Å². The maximum Gasteiger partial charge on any atom is 0.259 e. The number of fused-ring (bicyclic) bond motifs is 1. The van der Waals surface area contributed by atoms with Crippen LogP contribution in [0.4, 0.5) is 5.88 Å². The second-order valence-corrected chi connectivity index (χ2v) is 6.10. The van der Waals surface area contributed by atoms with Gasteiger partial charge in [0.25, 0.3) is 5.91 Å². The number of nitrogens with zero attached hydrogens (tertiary/aromatic N) is 1. The molecular formula is C19H14ClN3O3. The molecule has 0 bridgehead atoms. The summed E-state index contributed by atoms with van der Waals surface area (Å²) in [6.45, 7) is 0.259. The third-order valence-corrected chi connectivity index (χ3v) is 4.45. The van der Waals surface area contributed by atoms with Crippen molar-refractivity contribution < 1.29 is 13.7 Å². The lowest BCUT2D eigenvalue weighted by molar-refractivity contribution is 0.0952. The van der Waals surface area contributed by atoms with Crippen LogP contribution in [0, 0.1) is 0 Å². The molecule has 0 aliphatic carbocycles. The van der Waals surface area contributed by atoms with Crippen LogP contribution in [0.5, 0.6) is 0 Å². The Hall–Kier alpha value is -3.25. The highest BCUT2D eigenvalue weighted by molar-refractivity contribution is 6.31. The van der Waals surface area contributed by atoms with Crippen molar-refractivity contribution in [2.45, 2.75) is 6.54 Å². The van der Waals surface area contributed by atoms with Crippen LogP contribution in [0.15, 0.2) is 63.7 Å². The van der Waals surface area contributed by atoms with E-state index in [0.29, 0.717) is 21.9 Å². The predicted molar refractivity (Wildman–Crippen MR) is 98.7 cm³/mol. The first kappa shape index (κ1) is 16.2. The second-order valence-electron chi connectivity index (χ2n) is 5.69. The van der Waals surface area contributed by atoms with Crippen LogP contribution < -0.4 is 11.1 Å². The highest BCUT2D eigenvalue weighted by Gasteiger charge is 2.24. The summed E-state index contributed by atoms with van der Waals surface area (Å²) < 4.78 is 10.6. The highest BCUT2D eigenvalue weighted by atomic mass is 35.5. The number of hydrogen-bond donors (Lipinski definition) is 2. The molecule has 130 valence electrons. The molecule has 0 spiro atoms. The summed E-state index contributed by atoms with van der Waals surface area (Å²) in [5.41, 5.74) is 8.48. The molecular weight excluding hydrogens is 354 g/mol. The molecule has 2 aromatic carbocycles. The van der Waals surface area contributed by atoms with Gasteiger partial charge < -0.3 is 20.0 Å². The lowest BCUT2D eigenvalue weighted by atomic mass is 10.1. The Labute approximate surface area is 153 Å². The fraction of sp³-hybridized carbons (Fsp3) is 0.0526. The van der Waals surface area contributed by atoms with Crippen LogP contribution in [0.1, 0.15) is 15.9 Å². The van der Waals surface area contributed by atoms with Gasteiger partial charge in [0.1, 0.15) is 23.1 Å². The molecule has 4 aromatic rings. The standard InChI is InChI=1S/C19H14ClN3O3/c20-14-7-3-1-5-11(14)9-22-19(24)16-17(23-26-18(16)21)13-10-25-15-8-4-2-6-12(13)15/h1-8,10H,9,21H2,(H,22,24). The molecule has 0 saturated heterocycles. The molecule has 2 heterocycles. The van der Waals surface area contributed by atoms with Crippen LogP contribution in [-0.4, -0.2) is 11.1 Å².